The van der Waals surface area contributed by atoms with Crippen LogP contribution < -0.4 is 5.32 Å². The highest BCUT2D eigenvalue weighted by atomic mass is 35.5. The number of nitrogens with one attached hydrogen (secondary N) is 1. The number of hydrogen-bond acceptors (Lipinski definition) is 3. The van der Waals surface area contributed by atoms with Crippen LogP contribution in [-0.4, -0.2) is 25.5 Å². The predicted molar refractivity (Wildman–Crippen MR) is 124 cm³/mol. The Morgan fingerprint density at radius 2 is 1.74 bits per heavy atom. The molecule has 0 radical (unpaired) electrons. The Bertz CT molecular complexity index is 1260. The number of aryl methyl sites for hydroxylation is 3. The predicted octanol–water partition coefficient (Wildman–Crippen LogP) is 5.60. The number of nitrogens with zero attached hydrogens (tertiary/aromatic N) is 4. The highest BCUT2D eigenvalue weighted by Crippen LogP contribution is 2.25. The van der Waals surface area contributed by atoms with Crippen LogP contribution in [0.4, 0.5) is 5.82 Å². The van der Waals surface area contributed by atoms with Crippen LogP contribution in [0.1, 0.15) is 32.9 Å². The average molecular weight is 454 g/mol. The van der Waals surface area contributed by atoms with Gasteiger partial charge >= 0.3 is 0 Å². The number of carbonyl (C=O) groups excluding carboxylic acids is 1. The van der Waals surface area contributed by atoms with Gasteiger partial charge in [0, 0.05) is 11.1 Å². The Morgan fingerprint density at radius 3 is 2.45 bits per heavy atom. The Labute approximate surface area is 190 Å². The first-order chi connectivity index (χ1) is 14.8. The van der Waals surface area contributed by atoms with E-state index in [1.807, 2.05) is 50.2 Å². The van der Waals surface area contributed by atoms with E-state index in [0.717, 1.165) is 16.9 Å². The van der Waals surface area contributed by atoms with Gasteiger partial charge in [-0.2, -0.15) is 10.2 Å². The fourth-order valence-electron chi connectivity index (χ4n) is 3.35. The van der Waals surface area contributed by atoms with Crippen molar-refractivity contribution in [3.8, 4) is 5.69 Å². The van der Waals surface area contributed by atoms with Gasteiger partial charge in [-0.25, -0.2) is 9.36 Å². The molecule has 0 bridgehead atoms. The van der Waals surface area contributed by atoms with Crippen LogP contribution in [0.5, 0.6) is 0 Å². The number of amides is 1. The third-order valence-corrected chi connectivity index (χ3v) is 5.49. The summed E-state index contributed by atoms with van der Waals surface area (Å²) in [6.45, 7) is 6.14. The summed E-state index contributed by atoms with van der Waals surface area (Å²) in [4.78, 5) is 13.1. The van der Waals surface area contributed by atoms with Crippen molar-refractivity contribution in [2.24, 2.45) is 0 Å². The van der Waals surface area contributed by atoms with E-state index in [4.69, 9.17) is 23.2 Å². The van der Waals surface area contributed by atoms with E-state index in [0.29, 0.717) is 33.8 Å². The van der Waals surface area contributed by atoms with Crippen LogP contribution in [0.2, 0.25) is 10.2 Å². The molecule has 0 aliphatic heterocycles. The maximum absolute atomic E-state index is 13.1. The van der Waals surface area contributed by atoms with E-state index in [-0.39, 0.29) is 5.91 Å². The van der Waals surface area contributed by atoms with Crippen molar-refractivity contribution in [3.63, 3.8) is 0 Å². The monoisotopic (exact) mass is 453 g/mol. The fraction of sp³-hybridized carbons (Fsp3) is 0.174. The fourth-order valence-corrected chi connectivity index (χ4v) is 3.86. The van der Waals surface area contributed by atoms with E-state index < -0.39 is 0 Å². The molecule has 0 saturated heterocycles. The molecule has 2 heterocycles. The van der Waals surface area contributed by atoms with Crippen molar-refractivity contribution in [3.05, 3.63) is 92.9 Å². The van der Waals surface area contributed by atoms with E-state index in [1.54, 1.807) is 34.5 Å². The molecule has 31 heavy (non-hydrogen) atoms. The molecule has 8 heteroatoms. The minimum atomic E-state index is -0.346. The van der Waals surface area contributed by atoms with Gasteiger partial charge < -0.3 is 5.32 Å². The molecule has 1 N–H and O–H groups in total. The van der Waals surface area contributed by atoms with Crippen molar-refractivity contribution in [2.75, 3.05) is 5.32 Å². The molecule has 0 fully saturated rings. The number of benzene rings is 2. The van der Waals surface area contributed by atoms with Gasteiger partial charge in [0.2, 0.25) is 0 Å². The lowest BCUT2D eigenvalue weighted by molar-refractivity contribution is 0.102. The van der Waals surface area contributed by atoms with Crippen LogP contribution in [0.25, 0.3) is 5.69 Å². The molecule has 0 atom stereocenters. The number of carbonyl (C=O) groups is 1. The molecule has 0 aliphatic rings. The van der Waals surface area contributed by atoms with Crippen molar-refractivity contribution in [1.82, 2.24) is 19.6 Å². The summed E-state index contributed by atoms with van der Waals surface area (Å²) < 4.78 is 3.27. The quantitative estimate of drug-likeness (QED) is 0.427. The summed E-state index contributed by atoms with van der Waals surface area (Å²) >= 11 is 12.7. The Morgan fingerprint density at radius 1 is 1.00 bits per heavy atom. The third kappa shape index (κ3) is 4.50. The third-order valence-electron chi connectivity index (χ3n) is 4.87. The molecule has 158 valence electrons. The largest absolute Gasteiger partial charge is 0.306 e. The zero-order valence-electron chi connectivity index (χ0n) is 17.4. The zero-order valence-corrected chi connectivity index (χ0v) is 18.9. The minimum Gasteiger partial charge on any atom is -0.306 e. The summed E-state index contributed by atoms with van der Waals surface area (Å²) in [6, 6.07) is 17.2. The molecule has 4 rings (SSSR count). The van der Waals surface area contributed by atoms with E-state index in [2.05, 4.69) is 15.5 Å². The van der Waals surface area contributed by atoms with Gasteiger partial charge in [-0.3, -0.25) is 4.79 Å². The molecule has 4 aromatic rings. The number of halogens is 2. The van der Waals surface area contributed by atoms with E-state index >= 15 is 0 Å². The van der Waals surface area contributed by atoms with Crippen molar-refractivity contribution in [1.29, 1.82) is 0 Å². The number of aromatic nitrogens is 4. The van der Waals surface area contributed by atoms with Crippen molar-refractivity contribution in [2.45, 2.75) is 27.3 Å². The number of hydrogen-bond donors (Lipinski definition) is 1. The van der Waals surface area contributed by atoms with Gasteiger partial charge in [0.05, 0.1) is 29.2 Å². The second kappa shape index (κ2) is 8.57. The second-order valence-corrected chi connectivity index (χ2v) is 8.21. The van der Waals surface area contributed by atoms with Crippen LogP contribution in [0.3, 0.4) is 0 Å². The lowest BCUT2D eigenvalue weighted by atomic mass is 10.1. The first-order valence-electron chi connectivity index (χ1n) is 9.74. The summed E-state index contributed by atoms with van der Waals surface area (Å²) in [6.07, 6.45) is 0. The number of anilines is 1. The number of rotatable bonds is 5. The highest BCUT2D eigenvalue weighted by Gasteiger charge is 2.22. The lowest BCUT2D eigenvalue weighted by Crippen LogP contribution is -2.16. The molecule has 6 nitrogen and oxygen atoms in total. The highest BCUT2D eigenvalue weighted by molar-refractivity contribution is 6.33. The van der Waals surface area contributed by atoms with Crippen LogP contribution in [0, 0.1) is 20.8 Å². The Balaban J connectivity index is 1.61. The minimum absolute atomic E-state index is 0.293. The summed E-state index contributed by atoms with van der Waals surface area (Å²) in [7, 11) is 0. The van der Waals surface area contributed by atoms with Crippen molar-refractivity contribution < 1.29 is 4.79 Å². The van der Waals surface area contributed by atoms with Gasteiger partial charge in [0.25, 0.3) is 5.91 Å². The van der Waals surface area contributed by atoms with Gasteiger partial charge in [0.15, 0.2) is 0 Å². The first-order valence-corrected chi connectivity index (χ1v) is 10.5. The topological polar surface area (TPSA) is 64.7 Å². The van der Waals surface area contributed by atoms with E-state index in [1.165, 1.54) is 5.56 Å². The Hall–Kier alpha value is -3.09. The van der Waals surface area contributed by atoms with Crippen LogP contribution in [0.15, 0.2) is 54.6 Å². The second-order valence-electron chi connectivity index (χ2n) is 7.41. The van der Waals surface area contributed by atoms with Gasteiger partial charge in [-0.15, -0.1) is 0 Å². The van der Waals surface area contributed by atoms with Gasteiger partial charge in [0.1, 0.15) is 11.0 Å². The molecule has 0 aliphatic carbocycles. The first kappa shape index (κ1) is 21.2. The maximum atomic E-state index is 13.1. The standard InChI is InChI=1S/C23H21Cl2N5O/c1-14-7-9-17(10-8-14)13-29-22(25)21(16(3)28-29)23(31)26-20-11-15(2)27-30(20)19-6-4-5-18(24)12-19/h4-12H,13H2,1-3H3,(H,26,31). The average Bonchev–Trinajstić information content (AvgIpc) is 3.22. The van der Waals surface area contributed by atoms with E-state index in [9.17, 15) is 4.79 Å². The van der Waals surface area contributed by atoms with Gasteiger partial charge in [-0.05, 0) is 44.5 Å². The molecular weight excluding hydrogens is 433 g/mol. The van der Waals surface area contributed by atoms with Gasteiger partial charge in [-0.1, -0.05) is 59.1 Å². The molecule has 0 saturated carbocycles. The smallest absolute Gasteiger partial charge is 0.261 e. The van der Waals surface area contributed by atoms with Crippen molar-refractivity contribution >= 4 is 34.9 Å². The molecule has 1 amide bonds. The molecule has 2 aromatic heterocycles. The SMILES string of the molecule is Cc1ccc(Cn2nc(C)c(C(=O)Nc3cc(C)nn3-c3cccc(Cl)c3)c2Cl)cc1. The molecule has 0 unspecified atom stereocenters. The zero-order chi connectivity index (χ0) is 22.1. The normalized spacial score (nSPS) is 11.0. The Kier molecular flexibility index (Phi) is 5.85. The summed E-state index contributed by atoms with van der Waals surface area (Å²) in [5.41, 5.74) is 4.63. The van der Waals surface area contributed by atoms with Crippen LogP contribution >= 0.6 is 23.2 Å². The maximum Gasteiger partial charge on any atom is 0.261 e. The lowest BCUT2D eigenvalue weighted by Gasteiger charge is -2.09. The molecule has 0 spiro atoms. The molecular formula is C23H21Cl2N5O. The molecule has 2 aromatic carbocycles. The summed E-state index contributed by atoms with van der Waals surface area (Å²) in [5, 5.41) is 12.7. The van der Waals surface area contributed by atoms with Crippen LogP contribution in [-0.2, 0) is 6.54 Å². The summed E-state index contributed by atoms with van der Waals surface area (Å²) in [5.74, 6) is 0.173.